The molecule has 0 saturated heterocycles. The third-order valence-corrected chi connectivity index (χ3v) is 3.13. The monoisotopic (exact) mass is 284 g/mol. The van der Waals surface area contributed by atoms with Crippen LogP contribution in [0.1, 0.15) is 5.82 Å². The van der Waals surface area contributed by atoms with Crippen LogP contribution in [0.3, 0.4) is 0 Å². The molecule has 0 spiro atoms. The molecule has 104 valence electrons. The molecular formula is C15H10F2N4. The van der Waals surface area contributed by atoms with Crippen molar-refractivity contribution in [1.82, 2.24) is 9.55 Å². The molecule has 6 heteroatoms. The van der Waals surface area contributed by atoms with Gasteiger partial charge in [0, 0.05) is 5.69 Å². The van der Waals surface area contributed by atoms with Crippen molar-refractivity contribution in [1.29, 1.82) is 5.26 Å². The van der Waals surface area contributed by atoms with Gasteiger partial charge in [-0.1, -0.05) is 12.1 Å². The number of hydrogen-bond acceptors (Lipinski definition) is 3. The molecule has 3 rings (SSSR count). The minimum Gasteiger partial charge on any atom is -0.399 e. The van der Waals surface area contributed by atoms with E-state index in [2.05, 4.69) is 4.98 Å². The van der Waals surface area contributed by atoms with Crippen molar-refractivity contribution in [2.24, 2.45) is 0 Å². The Hall–Kier alpha value is -2.94. The lowest BCUT2D eigenvalue weighted by Crippen LogP contribution is -2.07. The fourth-order valence-corrected chi connectivity index (χ4v) is 2.31. The van der Waals surface area contributed by atoms with Crippen molar-refractivity contribution < 1.29 is 8.78 Å². The van der Waals surface area contributed by atoms with Crippen LogP contribution in [-0.4, -0.2) is 9.55 Å². The number of nitrogens with zero attached hydrogens (tertiary/aromatic N) is 3. The van der Waals surface area contributed by atoms with Gasteiger partial charge in [0.25, 0.3) is 0 Å². The molecule has 2 N–H and O–H groups in total. The number of aromatic nitrogens is 2. The number of imidazole rings is 1. The molecule has 3 aromatic rings. The van der Waals surface area contributed by atoms with E-state index in [4.69, 9.17) is 11.0 Å². The Morgan fingerprint density at radius 3 is 2.52 bits per heavy atom. The first kappa shape index (κ1) is 13.1. The number of halogens is 2. The Morgan fingerprint density at radius 2 is 1.86 bits per heavy atom. The largest absolute Gasteiger partial charge is 0.399 e. The summed E-state index contributed by atoms with van der Waals surface area (Å²) in [4.78, 5) is 4.26. The molecule has 0 radical (unpaired) electrons. The normalized spacial score (nSPS) is 10.7. The average Bonchev–Trinajstić information content (AvgIpc) is 2.77. The average molecular weight is 284 g/mol. The Labute approximate surface area is 119 Å². The topological polar surface area (TPSA) is 67.6 Å². The van der Waals surface area contributed by atoms with E-state index in [1.54, 1.807) is 24.3 Å². The third kappa shape index (κ3) is 2.09. The highest BCUT2D eigenvalue weighted by atomic mass is 19.1. The smallest absolute Gasteiger partial charge is 0.152 e. The van der Waals surface area contributed by atoms with E-state index in [1.807, 2.05) is 6.07 Å². The third-order valence-electron chi connectivity index (χ3n) is 3.13. The van der Waals surface area contributed by atoms with Gasteiger partial charge in [0.05, 0.1) is 23.5 Å². The fourth-order valence-electron chi connectivity index (χ4n) is 2.31. The standard InChI is InChI=1S/C15H10F2N4/c16-10-7-9(19)8-11(17)15(10)21-13-4-2-1-3-12(13)20-14(21)5-6-18/h1-4,7-8H,5,19H2. The van der Waals surface area contributed by atoms with E-state index < -0.39 is 11.6 Å². The molecule has 0 bridgehead atoms. The molecule has 1 heterocycles. The molecule has 0 fully saturated rings. The van der Waals surface area contributed by atoms with E-state index in [1.165, 1.54) is 4.57 Å². The van der Waals surface area contributed by atoms with Crippen molar-refractivity contribution in [2.45, 2.75) is 6.42 Å². The number of fused-ring (bicyclic) bond motifs is 1. The summed E-state index contributed by atoms with van der Waals surface area (Å²) in [6.07, 6.45) is -0.0576. The number of hydrogen-bond donors (Lipinski definition) is 1. The van der Waals surface area contributed by atoms with Gasteiger partial charge >= 0.3 is 0 Å². The van der Waals surface area contributed by atoms with Crippen LogP contribution in [-0.2, 0) is 6.42 Å². The predicted molar refractivity (Wildman–Crippen MR) is 74.7 cm³/mol. The molecule has 0 amide bonds. The number of rotatable bonds is 2. The lowest BCUT2D eigenvalue weighted by molar-refractivity contribution is 0.569. The van der Waals surface area contributed by atoms with Gasteiger partial charge in [-0.25, -0.2) is 13.8 Å². The SMILES string of the molecule is N#CCc1nc2ccccc2n1-c1c(F)cc(N)cc1F. The summed E-state index contributed by atoms with van der Waals surface area (Å²) in [5, 5.41) is 8.89. The van der Waals surface area contributed by atoms with Crippen molar-refractivity contribution >= 4 is 16.7 Å². The molecule has 0 aliphatic heterocycles. The summed E-state index contributed by atoms with van der Waals surface area (Å²) >= 11 is 0. The van der Waals surface area contributed by atoms with Gasteiger partial charge in [-0.05, 0) is 24.3 Å². The van der Waals surface area contributed by atoms with Gasteiger partial charge in [0.1, 0.15) is 11.5 Å². The maximum atomic E-state index is 14.2. The Morgan fingerprint density at radius 1 is 1.19 bits per heavy atom. The first-order valence-corrected chi connectivity index (χ1v) is 6.20. The molecule has 0 atom stereocenters. The lowest BCUT2D eigenvalue weighted by atomic mass is 10.2. The number of anilines is 1. The highest BCUT2D eigenvalue weighted by molar-refractivity contribution is 5.78. The van der Waals surface area contributed by atoms with E-state index in [0.29, 0.717) is 11.0 Å². The first-order chi connectivity index (χ1) is 10.1. The van der Waals surface area contributed by atoms with Crippen molar-refractivity contribution in [3.8, 4) is 11.8 Å². The second kappa shape index (κ2) is 4.87. The molecule has 21 heavy (non-hydrogen) atoms. The summed E-state index contributed by atoms with van der Waals surface area (Å²) in [7, 11) is 0. The summed E-state index contributed by atoms with van der Waals surface area (Å²) in [5.74, 6) is -1.31. The quantitative estimate of drug-likeness (QED) is 0.736. The van der Waals surface area contributed by atoms with Crippen LogP contribution in [0.5, 0.6) is 0 Å². The van der Waals surface area contributed by atoms with Crippen LogP contribution in [0, 0.1) is 23.0 Å². The maximum Gasteiger partial charge on any atom is 0.152 e. The zero-order valence-electron chi connectivity index (χ0n) is 10.8. The van der Waals surface area contributed by atoms with Crippen molar-refractivity contribution in [3.63, 3.8) is 0 Å². The maximum absolute atomic E-state index is 14.2. The Bertz CT molecular complexity index is 854. The Balaban J connectivity index is 2.39. The van der Waals surface area contributed by atoms with Crippen LogP contribution in [0.15, 0.2) is 36.4 Å². The van der Waals surface area contributed by atoms with Gasteiger partial charge in [-0.15, -0.1) is 0 Å². The van der Waals surface area contributed by atoms with Crippen LogP contribution in [0.2, 0.25) is 0 Å². The lowest BCUT2D eigenvalue weighted by Gasteiger charge is -2.11. The predicted octanol–water partition coefficient (Wildman–Crippen LogP) is 2.95. The number of benzene rings is 2. The van der Waals surface area contributed by atoms with Crippen LogP contribution in [0.25, 0.3) is 16.7 Å². The van der Waals surface area contributed by atoms with Gasteiger partial charge in [-0.2, -0.15) is 5.26 Å². The van der Waals surface area contributed by atoms with Crippen molar-refractivity contribution in [2.75, 3.05) is 5.73 Å². The van der Waals surface area contributed by atoms with Crippen LogP contribution >= 0.6 is 0 Å². The number of nitrogens with two attached hydrogens (primary N) is 1. The number of nitriles is 1. The van der Waals surface area contributed by atoms with Crippen molar-refractivity contribution in [3.05, 3.63) is 53.9 Å². The number of para-hydroxylation sites is 2. The zero-order chi connectivity index (χ0) is 15.0. The number of nitrogen functional groups attached to an aromatic ring is 1. The van der Waals surface area contributed by atoms with E-state index in [9.17, 15) is 8.78 Å². The molecule has 0 aliphatic rings. The summed E-state index contributed by atoms with van der Waals surface area (Å²) in [5.41, 5.74) is 6.26. The first-order valence-electron chi connectivity index (χ1n) is 6.20. The summed E-state index contributed by atoms with van der Waals surface area (Å²) < 4.78 is 29.7. The van der Waals surface area contributed by atoms with Crippen LogP contribution in [0.4, 0.5) is 14.5 Å². The highest BCUT2D eigenvalue weighted by Crippen LogP contribution is 2.27. The molecular weight excluding hydrogens is 274 g/mol. The minimum atomic E-state index is -0.796. The molecule has 1 aromatic heterocycles. The Kier molecular flexibility index (Phi) is 3.03. The second-order valence-corrected chi connectivity index (χ2v) is 4.52. The fraction of sp³-hybridized carbons (Fsp3) is 0.0667. The van der Waals surface area contributed by atoms with Gasteiger partial charge in [0.15, 0.2) is 11.6 Å². The molecule has 0 saturated carbocycles. The highest BCUT2D eigenvalue weighted by Gasteiger charge is 2.19. The summed E-state index contributed by atoms with van der Waals surface area (Å²) in [6.45, 7) is 0. The zero-order valence-corrected chi connectivity index (χ0v) is 10.8. The van der Waals surface area contributed by atoms with E-state index >= 15 is 0 Å². The molecule has 4 nitrogen and oxygen atoms in total. The molecule has 0 aliphatic carbocycles. The molecule has 0 unspecified atom stereocenters. The van der Waals surface area contributed by atoms with E-state index in [0.717, 1.165) is 12.1 Å². The van der Waals surface area contributed by atoms with E-state index in [-0.39, 0.29) is 23.6 Å². The minimum absolute atomic E-state index is 0.00000375. The van der Waals surface area contributed by atoms with Gasteiger partial charge in [0.2, 0.25) is 0 Å². The van der Waals surface area contributed by atoms with Crippen LogP contribution < -0.4 is 5.73 Å². The summed E-state index contributed by atoms with van der Waals surface area (Å²) in [6, 6.07) is 11.0. The van der Waals surface area contributed by atoms with Gasteiger partial charge < -0.3 is 5.73 Å². The van der Waals surface area contributed by atoms with Gasteiger partial charge in [-0.3, -0.25) is 4.57 Å². The molecule has 2 aromatic carbocycles. The second-order valence-electron chi connectivity index (χ2n) is 4.52.